The molecule has 0 aromatic heterocycles. The van der Waals surface area contributed by atoms with Crippen LogP contribution >= 0.6 is 0 Å². The number of nitrogens with two attached hydrogens (primary N) is 1. The summed E-state index contributed by atoms with van der Waals surface area (Å²) in [7, 11) is 1.21. The van der Waals surface area contributed by atoms with Gasteiger partial charge >= 0.3 is 24.2 Å². The second-order valence-corrected chi connectivity index (χ2v) is 11.9. The van der Waals surface area contributed by atoms with E-state index in [4.69, 9.17) is 34.2 Å². The van der Waals surface area contributed by atoms with Crippen molar-refractivity contribution in [1.82, 2.24) is 0 Å². The molecule has 0 aliphatic rings. The molecule has 0 amide bonds. The quantitative estimate of drug-likeness (QED) is 0.205. The third-order valence-electron chi connectivity index (χ3n) is 5.38. The molecule has 11 heteroatoms. The van der Waals surface area contributed by atoms with E-state index in [1.165, 1.54) is 19.2 Å². The molecule has 0 bridgehead atoms. The zero-order valence-electron chi connectivity index (χ0n) is 25.4. The van der Waals surface area contributed by atoms with Gasteiger partial charge in [0.2, 0.25) is 0 Å². The molecule has 0 aliphatic heterocycles. The van der Waals surface area contributed by atoms with Crippen LogP contribution in [0.25, 0.3) is 0 Å². The van der Waals surface area contributed by atoms with Gasteiger partial charge in [0.05, 0.1) is 13.0 Å². The Hall–Kier alpha value is -3.34. The summed E-state index contributed by atoms with van der Waals surface area (Å²) in [5.41, 5.74) is 3.69. The molecule has 1 rings (SSSR count). The summed E-state index contributed by atoms with van der Waals surface area (Å²) in [5, 5.41) is 0. The Morgan fingerprint density at radius 3 is 1.88 bits per heavy atom. The molecule has 226 valence electrons. The number of esters is 2. The SMILES string of the molecule is CCCC(C)C(=O)OC(C)C[C@@](N)(Cc1ccc(OC(=O)OC(C)(C)C)c(OC(=O)OC(C)(C)C)c1)C(=O)OC. The molecule has 0 saturated heterocycles. The first-order valence-corrected chi connectivity index (χ1v) is 13.3. The Morgan fingerprint density at radius 1 is 0.875 bits per heavy atom. The Bertz CT molecular complexity index is 1040. The van der Waals surface area contributed by atoms with Crippen LogP contribution in [0.3, 0.4) is 0 Å². The van der Waals surface area contributed by atoms with Crippen LogP contribution in [-0.4, -0.2) is 54.2 Å². The zero-order chi connectivity index (χ0) is 30.9. The van der Waals surface area contributed by atoms with Crippen molar-refractivity contribution in [2.45, 2.75) is 111 Å². The minimum Gasteiger partial charge on any atom is -0.468 e. The molecule has 0 saturated carbocycles. The molecule has 0 aliphatic carbocycles. The van der Waals surface area contributed by atoms with Crippen molar-refractivity contribution < 1.29 is 47.6 Å². The highest BCUT2D eigenvalue weighted by molar-refractivity contribution is 5.81. The van der Waals surface area contributed by atoms with Crippen LogP contribution in [0.1, 0.15) is 87.1 Å². The maximum absolute atomic E-state index is 12.8. The Kier molecular flexibility index (Phi) is 12.4. The van der Waals surface area contributed by atoms with Crippen molar-refractivity contribution in [1.29, 1.82) is 0 Å². The minimum atomic E-state index is -1.60. The van der Waals surface area contributed by atoms with Crippen LogP contribution in [0.4, 0.5) is 9.59 Å². The highest BCUT2D eigenvalue weighted by Crippen LogP contribution is 2.32. The van der Waals surface area contributed by atoms with Crippen molar-refractivity contribution in [2.75, 3.05) is 7.11 Å². The first kappa shape index (κ1) is 34.7. The number of methoxy groups -OCH3 is 1. The van der Waals surface area contributed by atoms with E-state index in [-0.39, 0.29) is 36.2 Å². The second-order valence-electron chi connectivity index (χ2n) is 11.9. The number of carbonyl (C=O) groups is 4. The molecule has 0 radical (unpaired) electrons. The molecule has 1 aromatic rings. The van der Waals surface area contributed by atoms with Crippen molar-refractivity contribution in [2.24, 2.45) is 11.7 Å². The zero-order valence-corrected chi connectivity index (χ0v) is 25.4. The average molecular weight is 568 g/mol. The number of benzene rings is 1. The number of hydrogen-bond donors (Lipinski definition) is 1. The van der Waals surface area contributed by atoms with Gasteiger partial charge in [0, 0.05) is 12.8 Å². The average Bonchev–Trinajstić information content (AvgIpc) is 2.77. The fourth-order valence-corrected chi connectivity index (χ4v) is 3.76. The molecule has 1 aromatic carbocycles. The van der Waals surface area contributed by atoms with Gasteiger partial charge in [0.1, 0.15) is 22.8 Å². The number of ether oxygens (including phenoxy) is 6. The summed E-state index contributed by atoms with van der Waals surface area (Å²) in [6.45, 7) is 15.4. The molecule has 40 heavy (non-hydrogen) atoms. The summed E-state index contributed by atoms with van der Waals surface area (Å²) >= 11 is 0. The first-order valence-electron chi connectivity index (χ1n) is 13.3. The topological polar surface area (TPSA) is 150 Å². The van der Waals surface area contributed by atoms with E-state index < -0.39 is 41.1 Å². The fourth-order valence-electron chi connectivity index (χ4n) is 3.76. The molecule has 2 unspecified atom stereocenters. The van der Waals surface area contributed by atoms with Crippen molar-refractivity contribution in [3.05, 3.63) is 23.8 Å². The molecular formula is C29H45NO10. The normalized spacial score (nSPS) is 14.7. The van der Waals surface area contributed by atoms with E-state index in [0.29, 0.717) is 12.0 Å². The number of hydrogen-bond acceptors (Lipinski definition) is 11. The minimum absolute atomic E-state index is 0.0390. The Balaban J connectivity index is 3.30. The monoisotopic (exact) mass is 567 g/mol. The number of rotatable bonds is 11. The summed E-state index contributed by atoms with van der Waals surface area (Å²) in [6, 6.07) is 4.33. The number of carbonyl (C=O) groups excluding carboxylic acids is 4. The third kappa shape index (κ3) is 12.2. The predicted molar refractivity (Wildman–Crippen MR) is 147 cm³/mol. The summed E-state index contributed by atoms with van der Waals surface area (Å²) < 4.78 is 31.5. The summed E-state index contributed by atoms with van der Waals surface area (Å²) in [5.74, 6) is -1.66. The van der Waals surface area contributed by atoms with Crippen LogP contribution < -0.4 is 15.2 Å². The maximum atomic E-state index is 12.8. The van der Waals surface area contributed by atoms with Crippen molar-refractivity contribution in [3.8, 4) is 11.5 Å². The smallest absolute Gasteiger partial charge is 0.468 e. The van der Waals surface area contributed by atoms with Gasteiger partial charge in [-0.3, -0.25) is 9.59 Å². The van der Waals surface area contributed by atoms with Crippen LogP contribution in [0.15, 0.2) is 18.2 Å². The molecule has 0 heterocycles. The van der Waals surface area contributed by atoms with E-state index in [1.807, 2.05) is 6.92 Å². The second kappa shape index (κ2) is 14.3. The molecule has 0 spiro atoms. The lowest BCUT2D eigenvalue weighted by Gasteiger charge is -2.30. The van der Waals surface area contributed by atoms with Crippen LogP contribution in [0.2, 0.25) is 0 Å². The maximum Gasteiger partial charge on any atom is 0.514 e. The highest BCUT2D eigenvalue weighted by Gasteiger charge is 2.38. The third-order valence-corrected chi connectivity index (χ3v) is 5.38. The van der Waals surface area contributed by atoms with Gasteiger partial charge in [0.25, 0.3) is 0 Å². The van der Waals surface area contributed by atoms with Crippen molar-refractivity contribution >= 4 is 24.2 Å². The van der Waals surface area contributed by atoms with Gasteiger partial charge in [-0.25, -0.2) is 9.59 Å². The van der Waals surface area contributed by atoms with E-state index >= 15 is 0 Å². The Labute approximate surface area is 236 Å². The molecular weight excluding hydrogens is 522 g/mol. The van der Waals surface area contributed by atoms with Crippen LogP contribution in [0.5, 0.6) is 11.5 Å². The first-order chi connectivity index (χ1) is 18.3. The molecule has 0 fully saturated rings. The lowest BCUT2D eigenvalue weighted by atomic mass is 9.86. The largest absolute Gasteiger partial charge is 0.514 e. The standard InChI is InChI=1S/C29H45NO10/c1-11-12-18(2)23(31)36-19(3)16-29(30,24(32)35-10)17-20-13-14-21(37-25(33)39-27(4,5)6)22(15-20)38-26(34)40-28(7,8)9/h13-15,18-19H,11-12,16-17,30H2,1-10H3/t18?,19?,29-/m1/s1. The van der Waals surface area contributed by atoms with Crippen LogP contribution in [0, 0.1) is 5.92 Å². The predicted octanol–water partition coefficient (Wildman–Crippen LogP) is 5.49. The van der Waals surface area contributed by atoms with Gasteiger partial charge in [0.15, 0.2) is 11.5 Å². The molecule has 3 atom stereocenters. The van der Waals surface area contributed by atoms with E-state index in [2.05, 4.69) is 0 Å². The van der Waals surface area contributed by atoms with E-state index in [9.17, 15) is 19.2 Å². The lowest BCUT2D eigenvalue weighted by molar-refractivity contribution is -0.157. The van der Waals surface area contributed by atoms with Gasteiger partial charge < -0.3 is 34.2 Å². The summed E-state index contributed by atoms with van der Waals surface area (Å²) in [4.78, 5) is 49.9. The fraction of sp³-hybridized carbons (Fsp3) is 0.655. The van der Waals surface area contributed by atoms with Gasteiger partial charge in [-0.15, -0.1) is 0 Å². The van der Waals surface area contributed by atoms with Gasteiger partial charge in [-0.2, -0.15) is 0 Å². The highest BCUT2D eigenvalue weighted by atomic mass is 16.8. The lowest BCUT2D eigenvalue weighted by Crippen LogP contribution is -2.53. The van der Waals surface area contributed by atoms with Gasteiger partial charge in [-0.05, 0) is 72.6 Å². The van der Waals surface area contributed by atoms with Crippen molar-refractivity contribution in [3.63, 3.8) is 0 Å². The molecule has 2 N–H and O–H groups in total. The molecule has 11 nitrogen and oxygen atoms in total. The van der Waals surface area contributed by atoms with E-state index in [1.54, 1.807) is 61.5 Å². The van der Waals surface area contributed by atoms with E-state index in [0.717, 1.165) is 6.42 Å². The Morgan fingerprint density at radius 2 is 1.40 bits per heavy atom. The summed E-state index contributed by atoms with van der Waals surface area (Å²) in [6.07, 6.45) is -1.35. The van der Waals surface area contributed by atoms with Crippen LogP contribution in [-0.2, 0) is 35.0 Å². The van der Waals surface area contributed by atoms with Gasteiger partial charge in [-0.1, -0.05) is 26.3 Å².